The van der Waals surface area contributed by atoms with Crippen LogP contribution in [-0.4, -0.2) is 29.2 Å². The highest BCUT2D eigenvalue weighted by molar-refractivity contribution is 6.07. The normalized spacial score (nSPS) is 14.6. The van der Waals surface area contributed by atoms with Crippen molar-refractivity contribution in [1.82, 2.24) is 10.3 Å². The van der Waals surface area contributed by atoms with Crippen LogP contribution in [0.4, 0.5) is 5.69 Å². The minimum absolute atomic E-state index is 0.301. The van der Waals surface area contributed by atoms with Crippen LogP contribution in [0.3, 0.4) is 0 Å². The van der Waals surface area contributed by atoms with Crippen molar-refractivity contribution < 1.29 is 14.4 Å². The molecule has 3 heterocycles. The molecule has 1 aliphatic rings. The summed E-state index contributed by atoms with van der Waals surface area (Å²) in [6, 6.07) is 6.90. The van der Waals surface area contributed by atoms with Gasteiger partial charge in [-0.1, -0.05) is 6.08 Å². The zero-order chi connectivity index (χ0) is 16.5. The smallest absolute Gasteiger partial charge is 0.282 e. The zero-order valence-electron chi connectivity index (χ0n) is 13.0. The highest BCUT2D eigenvalue weighted by Crippen LogP contribution is 2.29. The van der Waals surface area contributed by atoms with Crippen LogP contribution in [0.5, 0.6) is 0 Å². The second-order valence-electron chi connectivity index (χ2n) is 5.74. The Labute approximate surface area is 138 Å². The van der Waals surface area contributed by atoms with Crippen LogP contribution < -0.4 is 10.4 Å². The fourth-order valence-corrected chi connectivity index (χ4v) is 3.00. The summed E-state index contributed by atoms with van der Waals surface area (Å²) in [7, 11) is 0. The van der Waals surface area contributed by atoms with Gasteiger partial charge < -0.3 is 14.7 Å². The molecule has 0 fully saturated rings. The van der Waals surface area contributed by atoms with E-state index < -0.39 is 5.91 Å². The van der Waals surface area contributed by atoms with Crippen molar-refractivity contribution in [3.05, 3.63) is 60.2 Å². The van der Waals surface area contributed by atoms with E-state index in [0.29, 0.717) is 16.3 Å². The van der Waals surface area contributed by atoms with Crippen molar-refractivity contribution in [1.29, 1.82) is 0 Å². The van der Waals surface area contributed by atoms with Crippen molar-refractivity contribution in [2.24, 2.45) is 0 Å². The molecule has 1 amide bonds. The van der Waals surface area contributed by atoms with Crippen molar-refractivity contribution in [2.75, 3.05) is 18.2 Å². The highest BCUT2D eigenvalue weighted by atomic mass is 16.5. The molecule has 2 aromatic heterocycles. The Bertz CT molecular complexity index is 909. The number of hydrogen-bond acceptors (Lipinski definition) is 4. The molecule has 0 radical (unpaired) electrons. The molecule has 0 aliphatic carbocycles. The number of nitrogens with one attached hydrogen (secondary N) is 2. The van der Waals surface area contributed by atoms with Crippen LogP contribution in [0.25, 0.3) is 16.5 Å². The highest BCUT2D eigenvalue weighted by Gasteiger charge is 2.18. The molecule has 0 saturated carbocycles. The number of anilines is 1. The Morgan fingerprint density at radius 1 is 1.29 bits per heavy atom. The molecule has 0 spiro atoms. The monoisotopic (exact) mass is 323 g/mol. The number of rotatable bonds is 3. The van der Waals surface area contributed by atoms with Gasteiger partial charge in [0.05, 0.1) is 6.26 Å². The largest absolute Gasteiger partial charge is 0.470 e. The minimum Gasteiger partial charge on any atom is -0.470 e. The average molecular weight is 323 g/mol. The molecule has 24 heavy (non-hydrogen) atoms. The number of amides is 1. The molecular weight excluding hydrogens is 306 g/mol. The summed E-state index contributed by atoms with van der Waals surface area (Å²) in [4.78, 5) is 15.7. The lowest BCUT2D eigenvalue weighted by Crippen LogP contribution is -2.26. The Morgan fingerprint density at radius 3 is 2.96 bits per heavy atom. The molecule has 0 atom stereocenters. The Morgan fingerprint density at radius 2 is 2.21 bits per heavy atom. The van der Waals surface area contributed by atoms with Gasteiger partial charge in [-0.25, -0.2) is 0 Å². The molecule has 1 aliphatic heterocycles. The van der Waals surface area contributed by atoms with Crippen LogP contribution in [0.2, 0.25) is 0 Å². The summed E-state index contributed by atoms with van der Waals surface area (Å²) in [5.74, 6) is -0.496. The van der Waals surface area contributed by atoms with Crippen molar-refractivity contribution in [2.45, 2.75) is 6.42 Å². The van der Waals surface area contributed by atoms with Gasteiger partial charge in [0.25, 0.3) is 5.91 Å². The number of hydrogen-bond donors (Lipinski definition) is 3. The van der Waals surface area contributed by atoms with E-state index >= 15 is 0 Å². The third-order valence-electron chi connectivity index (χ3n) is 4.28. The fraction of sp³-hybridized carbons (Fsp3) is 0.167. The zero-order valence-corrected chi connectivity index (χ0v) is 13.0. The molecule has 0 bridgehead atoms. The van der Waals surface area contributed by atoms with Crippen molar-refractivity contribution in [3.63, 3.8) is 0 Å². The van der Waals surface area contributed by atoms with Crippen LogP contribution >= 0.6 is 0 Å². The number of aromatic nitrogens is 1. The quantitative estimate of drug-likeness (QED) is 0.511. The Hall–Kier alpha value is -2.83. The topological polar surface area (TPSA) is 81.5 Å². The second kappa shape index (κ2) is 5.99. The number of carbonyl (C=O) groups is 1. The summed E-state index contributed by atoms with van der Waals surface area (Å²) in [6.07, 6.45) is 7.82. The van der Waals surface area contributed by atoms with E-state index in [0.717, 1.165) is 36.0 Å². The van der Waals surface area contributed by atoms with Gasteiger partial charge in [0.15, 0.2) is 0 Å². The van der Waals surface area contributed by atoms with E-state index in [4.69, 9.17) is 4.42 Å². The van der Waals surface area contributed by atoms with E-state index in [2.05, 4.69) is 16.4 Å². The van der Waals surface area contributed by atoms with E-state index in [9.17, 15) is 10.0 Å². The number of furan rings is 1. The molecule has 3 N–H and O–H groups in total. The van der Waals surface area contributed by atoms with E-state index in [-0.39, 0.29) is 0 Å². The number of fused-ring (bicyclic) bond motifs is 1. The standard InChI is InChI=1S/C18H17N3O3/c22-18(21(23)14-5-8-24-11-14)13-1-2-17-15(9-13)16(10-20-17)12-3-6-19-7-4-12/h1-3,5,8-11,19-20,23H,4,6-7H2. The van der Waals surface area contributed by atoms with Gasteiger partial charge in [-0.15, -0.1) is 0 Å². The fourth-order valence-electron chi connectivity index (χ4n) is 3.00. The molecule has 3 aromatic rings. The van der Waals surface area contributed by atoms with E-state index in [1.807, 2.05) is 18.3 Å². The van der Waals surface area contributed by atoms with Crippen LogP contribution in [0.1, 0.15) is 22.3 Å². The van der Waals surface area contributed by atoms with Gasteiger partial charge in [-0.2, -0.15) is 5.06 Å². The van der Waals surface area contributed by atoms with E-state index in [1.54, 1.807) is 6.07 Å². The predicted octanol–water partition coefficient (Wildman–Crippen LogP) is 3.17. The maximum atomic E-state index is 12.5. The second-order valence-corrected chi connectivity index (χ2v) is 5.74. The van der Waals surface area contributed by atoms with Gasteiger partial charge in [-0.05, 0) is 36.7 Å². The third-order valence-corrected chi connectivity index (χ3v) is 4.28. The number of H-pyrrole nitrogens is 1. The SMILES string of the molecule is O=C(c1ccc2[nH]cc(C3=CCNCC3)c2c1)N(O)c1ccoc1. The summed E-state index contributed by atoms with van der Waals surface area (Å²) >= 11 is 0. The molecular formula is C18H17N3O3. The number of hydroxylamine groups is 1. The van der Waals surface area contributed by atoms with Crippen LogP contribution in [-0.2, 0) is 0 Å². The third kappa shape index (κ3) is 2.51. The molecule has 6 nitrogen and oxygen atoms in total. The summed E-state index contributed by atoms with van der Waals surface area (Å²) in [5, 5.41) is 14.9. The van der Waals surface area contributed by atoms with Gasteiger partial charge >= 0.3 is 0 Å². The lowest BCUT2D eigenvalue weighted by molar-refractivity contribution is 0.0854. The maximum Gasteiger partial charge on any atom is 0.282 e. The molecule has 4 rings (SSSR count). The number of nitrogens with zero attached hydrogens (tertiary/aromatic N) is 1. The minimum atomic E-state index is -0.496. The lowest BCUT2D eigenvalue weighted by Gasteiger charge is -2.14. The predicted molar refractivity (Wildman–Crippen MR) is 91.1 cm³/mol. The van der Waals surface area contributed by atoms with E-state index in [1.165, 1.54) is 24.2 Å². The molecule has 1 aromatic carbocycles. The number of aromatic amines is 1. The first-order valence-electron chi connectivity index (χ1n) is 7.81. The molecule has 122 valence electrons. The summed E-state index contributed by atoms with van der Waals surface area (Å²) < 4.78 is 4.91. The first kappa shape index (κ1) is 14.7. The number of benzene rings is 1. The van der Waals surface area contributed by atoms with Gasteiger partial charge in [0, 0.05) is 40.8 Å². The average Bonchev–Trinajstić information content (AvgIpc) is 3.30. The van der Waals surface area contributed by atoms with Crippen molar-refractivity contribution in [3.8, 4) is 0 Å². The Kier molecular flexibility index (Phi) is 3.68. The number of carbonyl (C=O) groups excluding carboxylic acids is 1. The van der Waals surface area contributed by atoms with Gasteiger partial charge in [-0.3, -0.25) is 10.0 Å². The Balaban J connectivity index is 1.72. The van der Waals surface area contributed by atoms with Crippen LogP contribution in [0.15, 0.2) is 53.5 Å². The van der Waals surface area contributed by atoms with Gasteiger partial charge in [0.1, 0.15) is 12.0 Å². The first-order chi connectivity index (χ1) is 11.7. The molecule has 0 unspecified atom stereocenters. The first-order valence-corrected chi connectivity index (χ1v) is 7.81. The maximum absolute atomic E-state index is 12.5. The van der Waals surface area contributed by atoms with Gasteiger partial charge in [0.2, 0.25) is 0 Å². The summed E-state index contributed by atoms with van der Waals surface area (Å²) in [5.41, 5.74) is 4.06. The van der Waals surface area contributed by atoms with Crippen molar-refractivity contribution >= 4 is 28.1 Å². The molecule has 0 saturated heterocycles. The summed E-state index contributed by atoms with van der Waals surface area (Å²) in [6.45, 7) is 1.80. The molecule has 6 heteroatoms. The lowest BCUT2D eigenvalue weighted by atomic mass is 9.98. The van der Waals surface area contributed by atoms with Crippen LogP contribution in [0, 0.1) is 0 Å².